The molecule has 5 heteroatoms. The number of carboxylic acid groups (broad SMARTS) is 1. The maximum Gasteiger partial charge on any atom is 0.319 e. The Morgan fingerprint density at radius 1 is 1.50 bits per heavy atom. The SMILES string of the molecule is CCOC(=O)CNCCC(=O)O. The lowest BCUT2D eigenvalue weighted by atomic mass is 10.4. The summed E-state index contributed by atoms with van der Waals surface area (Å²) in [6, 6.07) is 0. The number of hydrogen-bond donors (Lipinski definition) is 2. The van der Waals surface area contributed by atoms with Gasteiger partial charge in [-0.2, -0.15) is 0 Å². The van der Waals surface area contributed by atoms with Crippen LogP contribution in [0.5, 0.6) is 0 Å². The van der Waals surface area contributed by atoms with Crippen molar-refractivity contribution in [2.24, 2.45) is 0 Å². The van der Waals surface area contributed by atoms with Crippen molar-refractivity contribution >= 4 is 11.9 Å². The summed E-state index contributed by atoms with van der Waals surface area (Å²) in [6.07, 6.45) is 0.0133. The Labute approximate surface area is 70.7 Å². The molecule has 5 nitrogen and oxygen atoms in total. The van der Waals surface area contributed by atoms with E-state index in [2.05, 4.69) is 10.1 Å². The monoisotopic (exact) mass is 175 g/mol. The van der Waals surface area contributed by atoms with Gasteiger partial charge in [0.15, 0.2) is 0 Å². The molecule has 12 heavy (non-hydrogen) atoms. The molecule has 0 aromatic rings. The maximum atomic E-state index is 10.7. The van der Waals surface area contributed by atoms with E-state index in [-0.39, 0.29) is 25.5 Å². The molecule has 0 aliphatic rings. The number of carbonyl (C=O) groups is 2. The fourth-order valence-corrected chi connectivity index (χ4v) is 0.598. The first-order valence-corrected chi connectivity index (χ1v) is 3.75. The van der Waals surface area contributed by atoms with Crippen LogP contribution in [0.3, 0.4) is 0 Å². The molecule has 0 bridgehead atoms. The molecular weight excluding hydrogens is 162 g/mol. The molecule has 0 saturated carbocycles. The molecule has 0 saturated heterocycles. The Kier molecular flexibility index (Phi) is 6.00. The van der Waals surface area contributed by atoms with Crippen molar-refractivity contribution < 1.29 is 19.4 Å². The highest BCUT2D eigenvalue weighted by atomic mass is 16.5. The van der Waals surface area contributed by atoms with Gasteiger partial charge in [0.1, 0.15) is 0 Å². The summed E-state index contributed by atoms with van der Waals surface area (Å²) in [5.74, 6) is -1.24. The summed E-state index contributed by atoms with van der Waals surface area (Å²) < 4.78 is 4.60. The third kappa shape index (κ3) is 7.01. The second-order valence-corrected chi connectivity index (χ2v) is 2.13. The van der Waals surface area contributed by atoms with Crippen LogP contribution in [-0.2, 0) is 14.3 Å². The zero-order chi connectivity index (χ0) is 9.40. The molecule has 0 amide bonds. The summed E-state index contributed by atoms with van der Waals surface area (Å²) >= 11 is 0. The van der Waals surface area contributed by atoms with Crippen molar-refractivity contribution in [3.8, 4) is 0 Å². The summed E-state index contributed by atoms with van der Waals surface area (Å²) in [6.45, 7) is 2.42. The fourth-order valence-electron chi connectivity index (χ4n) is 0.598. The molecule has 0 fully saturated rings. The van der Waals surface area contributed by atoms with Gasteiger partial charge in [-0.05, 0) is 6.92 Å². The Morgan fingerprint density at radius 3 is 2.67 bits per heavy atom. The molecule has 2 N–H and O–H groups in total. The summed E-state index contributed by atoms with van der Waals surface area (Å²) in [5.41, 5.74) is 0. The average molecular weight is 175 g/mol. The Morgan fingerprint density at radius 2 is 2.17 bits per heavy atom. The molecule has 0 unspecified atom stereocenters. The first-order valence-electron chi connectivity index (χ1n) is 3.75. The third-order valence-corrected chi connectivity index (χ3v) is 1.09. The number of ether oxygens (including phenoxy) is 1. The lowest BCUT2D eigenvalue weighted by Gasteiger charge is -2.01. The quantitative estimate of drug-likeness (QED) is 0.425. The van der Waals surface area contributed by atoms with Gasteiger partial charge < -0.3 is 15.2 Å². The van der Waals surface area contributed by atoms with E-state index in [0.717, 1.165) is 0 Å². The lowest BCUT2D eigenvalue weighted by molar-refractivity contribution is -0.142. The molecule has 70 valence electrons. The van der Waals surface area contributed by atoms with Crippen molar-refractivity contribution in [2.75, 3.05) is 19.7 Å². The number of carbonyl (C=O) groups excluding carboxylic acids is 1. The lowest BCUT2D eigenvalue weighted by Crippen LogP contribution is -2.26. The number of esters is 1. The predicted octanol–water partition coefficient (Wildman–Crippen LogP) is -0.386. The van der Waals surface area contributed by atoms with Crippen LogP contribution in [0.2, 0.25) is 0 Å². The van der Waals surface area contributed by atoms with E-state index in [4.69, 9.17) is 5.11 Å². The van der Waals surface area contributed by atoms with Crippen LogP contribution in [0, 0.1) is 0 Å². The molecule has 0 aromatic heterocycles. The summed E-state index contributed by atoms with van der Waals surface area (Å²) in [4.78, 5) is 20.7. The highest BCUT2D eigenvalue weighted by Gasteiger charge is 2.00. The van der Waals surface area contributed by atoms with E-state index in [9.17, 15) is 9.59 Å². The fraction of sp³-hybridized carbons (Fsp3) is 0.714. The van der Waals surface area contributed by atoms with Gasteiger partial charge in [0.05, 0.1) is 19.6 Å². The van der Waals surface area contributed by atoms with Crippen LogP contribution in [-0.4, -0.2) is 36.7 Å². The smallest absolute Gasteiger partial charge is 0.319 e. The maximum absolute atomic E-state index is 10.7. The van der Waals surface area contributed by atoms with Crippen LogP contribution < -0.4 is 5.32 Å². The predicted molar refractivity (Wildman–Crippen MR) is 41.8 cm³/mol. The second kappa shape index (κ2) is 6.60. The van der Waals surface area contributed by atoms with Crippen LogP contribution in [0.1, 0.15) is 13.3 Å². The molecule has 0 radical (unpaired) electrons. The van der Waals surface area contributed by atoms with Crippen molar-refractivity contribution in [1.29, 1.82) is 0 Å². The first kappa shape index (κ1) is 10.9. The van der Waals surface area contributed by atoms with Crippen LogP contribution in [0.15, 0.2) is 0 Å². The highest BCUT2D eigenvalue weighted by molar-refractivity contribution is 5.71. The number of aliphatic carboxylic acids is 1. The summed E-state index contributed by atoms with van der Waals surface area (Å²) in [5, 5.41) is 10.9. The van der Waals surface area contributed by atoms with Gasteiger partial charge in [-0.15, -0.1) is 0 Å². The standard InChI is InChI=1S/C7H13NO4/c1-2-12-7(11)5-8-4-3-6(9)10/h8H,2-5H2,1H3,(H,9,10). The normalized spacial score (nSPS) is 9.42. The van der Waals surface area contributed by atoms with Crippen molar-refractivity contribution in [3.05, 3.63) is 0 Å². The van der Waals surface area contributed by atoms with Crippen LogP contribution in [0.25, 0.3) is 0 Å². The van der Waals surface area contributed by atoms with Gasteiger partial charge in [-0.25, -0.2) is 0 Å². The van der Waals surface area contributed by atoms with Gasteiger partial charge in [0.2, 0.25) is 0 Å². The minimum absolute atomic E-state index is 0.0133. The summed E-state index contributed by atoms with van der Waals surface area (Å²) in [7, 11) is 0. The average Bonchev–Trinajstić information content (AvgIpc) is 1.98. The molecule has 0 atom stereocenters. The largest absolute Gasteiger partial charge is 0.481 e. The van der Waals surface area contributed by atoms with Gasteiger partial charge >= 0.3 is 11.9 Å². The van der Waals surface area contributed by atoms with Gasteiger partial charge in [0.25, 0.3) is 0 Å². The molecular formula is C7H13NO4. The number of rotatable bonds is 6. The van der Waals surface area contributed by atoms with Crippen molar-refractivity contribution in [1.82, 2.24) is 5.32 Å². The number of nitrogens with one attached hydrogen (secondary N) is 1. The Bertz CT molecular complexity index is 157. The number of carboxylic acids is 1. The molecule has 0 rings (SSSR count). The molecule has 0 aromatic carbocycles. The molecule has 0 aliphatic heterocycles. The highest BCUT2D eigenvalue weighted by Crippen LogP contribution is 1.77. The minimum Gasteiger partial charge on any atom is -0.481 e. The van der Waals surface area contributed by atoms with E-state index >= 15 is 0 Å². The van der Waals surface area contributed by atoms with Crippen molar-refractivity contribution in [2.45, 2.75) is 13.3 Å². The Hall–Kier alpha value is -1.10. The molecule has 0 spiro atoms. The topological polar surface area (TPSA) is 75.6 Å². The van der Waals surface area contributed by atoms with Crippen molar-refractivity contribution in [3.63, 3.8) is 0 Å². The zero-order valence-corrected chi connectivity index (χ0v) is 7.00. The first-order chi connectivity index (χ1) is 5.66. The van der Waals surface area contributed by atoms with E-state index in [1.165, 1.54) is 0 Å². The van der Waals surface area contributed by atoms with E-state index < -0.39 is 5.97 Å². The van der Waals surface area contributed by atoms with Crippen LogP contribution in [0.4, 0.5) is 0 Å². The van der Waals surface area contributed by atoms with Crippen LogP contribution >= 0.6 is 0 Å². The number of hydrogen-bond acceptors (Lipinski definition) is 4. The van der Waals surface area contributed by atoms with Gasteiger partial charge in [-0.1, -0.05) is 0 Å². The van der Waals surface area contributed by atoms with Gasteiger partial charge in [-0.3, -0.25) is 9.59 Å². The van der Waals surface area contributed by atoms with E-state index in [1.54, 1.807) is 6.92 Å². The van der Waals surface area contributed by atoms with Gasteiger partial charge in [0, 0.05) is 6.54 Å². The minimum atomic E-state index is -0.883. The van der Waals surface area contributed by atoms with E-state index in [0.29, 0.717) is 6.61 Å². The molecule has 0 aliphatic carbocycles. The molecule has 0 heterocycles. The second-order valence-electron chi connectivity index (χ2n) is 2.13. The van der Waals surface area contributed by atoms with E-state index in [1.807, 2.05) is 0 Å². The Balaban J connectivity index is 3.19. The third-order valence-electron chi connectivity index (χ3n) is 1.09. The zero-order valence-electron chi connectivity index (χ0n) is 7.00.